The molecule has 0 atom stereocenters. The van der Waals surface area contributed by atoms with E-state index in [9.17, 15) is 4.79 Å². The second kappa shape index (κ2) is 5.65. The number of aromatic carboxylic acids is 1. The van der Waals surface area contributed by atoms with Gasteiger partial charge in [0.2, 0.25) is 5.69 Å². The lowest BCUT2D eigenvalue weighted by Crippen LogP contribution is -1.99. The van der Waals surface area contributed by atoms with Crippen molar-refractivity contribution in [1.29, 1.82) is 0 Å². The molecule has 2 N–H and O–H groups in total. The van der Waals surface area contributed by atoms with Gasteiger partial charge in [-0.15, -0.1) is 0 Å². The standard InChI is InChI=1S/C15H12N4O3/c1-9-6-11(8-16-7-9)10-2-4-12(5-3-10)22-14-13(15(20)21)17-19-18-14/h2-8H,1H3,(H,20,21)(H,17,18,19). The fourth-order valence-corrected chi connectivity index (χ4v) is 1.97. The lowest BCUT2D eigenvalue weighted by Gasteiger charge is -2.05. The average molecular weight is 296 g/mol. The highest BCUT2D eigenvalue weighted by atomic mass is 16.5. The number of ether oxygens (including phenoxy) is 1. The van der Waals surface area contributed by atoms with Crippen molar-refractivity contribution in [3.05, 3.63) is 54.0 Å². The zero-order valence-electron chi connectivity index (χ0n) is 11.6. The van der Waals surface area contributed by atoms with Gasteiger partial charge in [-0.2, -0.15) is 0 Å². The summed E-state index contributed by atoms with van der Waals surface area (Å²) in [5.74, 6) is -0.777. The molecule has 0 amide bonds. The quantitative estimate of drug-likeness (QED) is 0.767. The van der Waals surface area contributed by atoms with Crippen LogP contribution in [-0.2, 0) is 0 Å². The number of hydrogen-bond donors (Lipinski definition) is 2. The number of rotatable bonds is 4. The van der Waals surface area contributed by atoms with E-state index < -0.39 is 5.97 Å². The highest BCUT2D eigenvalue weighted by molar-refractivity contribution is 5.87. The van der Waals surface area contributed by atoms with Gasteiger partial charge in [0.15, 0.2) is 0 Å². The highest BCUT2D eigenvalue weighted by Crippen LogP contribution is 2.26. The summed E-state index contributed by atoms with van der Waals surface area (Å²) in [6.45, 7) is 1.98. The van der Waals surface area contributed by atoms with Crippen LogP contribution in [0.3, 0.4) is 0 Å². The van der Waals surface area contributed by atoms with Gasteiger partial charge in [-0.25, -0.2) is 9.89 Å². The van der Waals surface area contributed by atoms with Crippen molar-refractivity contribution < 1.29 is 14.6 Å². The molecule has 0 aliphatic rings. The van der Waals surface area contributed by atoms with E-state index in [1.165, 1.54) is 0 Å². The molecule has 22 heavy (non-hydrogen) atoms. The van der Waals surface area contributed by atoms with Gasteiger partial charge in [-0.05, 0) is 36.2 Å². The number of benzene rings is 1. The minimum Gasteiger partial charge on any atom is -0.476 e. The first-order chi connectivity index (χ1) is 10.6. The Labute approximate surface area is 125 Å². The number of H-pyrrole nitrogens is 1. The van der Waals surface area contributed by atoms with Gasteiger partial charge >= 0.3 is 5.97 Å². The topological polar surface area (TPSA) is 101 Å². The summed E-state index contributed by atoms with van der Waals surface area (Å²) in [6, 6.07) is 9.23. The first kappa shape index (κ1) is 13.7. The summed E-state index contributed by atoms with van der Waals surface area (Å²) >= 11 is 0. The first-order valence-corrected chi connectivity index (χ1v) is 6.48. The summed E-state index contributed by atoms with van der Waals surface area (Å²) in [7, 11) is 0. The molecule has 7 heteroatoms. The van der Waals surface area contributed by atoms with Crippen molar-refractivity contribution in [3.63, 3.8) is 0 Å². The van der Waals surface area contributed by atoms with Crippen LogP contribution in [-0.4, -0.2) is 31.5 Å². The van der Waals surface area contributed by atoms with Crippen molar-refractivity contribution in [2.75, 3.05) is 0 Å². The van der Waals surface area contributed by atoms with E-state index in [0.717, 1.165) is 16.7 Å². The fourth-order valence-electron chi connectivity index (χ4n) is 1.97. The number of carbonyl (C=O) groups is 1. The second-order valence-corrected chi connectivity index (χ2v) is 4.67. The monoisotopic (exact) mass is 296 g/mol. The molecular formula is C15H12N4O3. The number of aryl methyl sites for hydroxylation is 1. The molecule has 2 aromatic heterocycles. The summed E-state index contributed by atoms with van der Waals surface area (Å²) in [6.07, 6.45) is 3.57. The predicted octanol–water partition coefficient (Wildman–Crippen LogP) is 2.67. The third-order valence-electron chi connectivity index (χ3n) is 3.01. The van der Waals surface area contributed by atoms with Crippen LogP contribution in [0.4, 0.5) is 0 Å². The molecular weight excluding hydrogens is 284 g/mol. The number of hydrogen-bond acceptors (Lipinski definition) is 5. The number of aromatic amines is 1. The Balaban J connectivity index is 1.83. The Bertz CT molecular complexity index is 812. The molecule has 0 fully saturated rings. The van der Waals surface area contributed by atoms with Crippen LogP contribution < -0.4 is 4.74 Å². The molecule has 3 rings (SSSR count). The molecule has 0 saturated carbocycles. The minimum atomic E-state index is -1.18. The van der Waals surface area contributed by atoms with Gasteiger partial charge in [0.1, 0.15) is 5.75 Å². The van der Waals surface area contributed by atoms with Crippen LogP contribution in [0.2, 0.25) is 0 Å². The van der Waals surface area contributed by atoms with Crippen molar-refractivity contribution in [2.45, 2.75) is 6.92 Å². The number of carboxylic acid groups (broad SMARTS) is 1. The van der Waals surface area contributed by atoms with E-state index in [0.29, 0.717) is 5.75 Å². The highest BCUT2D eigenvalue weighted by Gasteiger charge is 2.16. The number of nitrogens with zero attached hydrogens (tertiary/aromatic N) is 3. The molecule has 0 spiro atoms. The normalized spacial score (nSPS) is 10.4. The van der Waals surface area contributed by atoms with Crippen LogP contribution in [0.15, 0.2) is 42.7 Å². The smallest absolute Gasteiger partial charge is 0.359 e. The number of aromatic nitrogens is 4. The zero-order valence-corrected chi connectivity index (χ0v) is 11.6. The number of carboxylic acids is 1. The molecule has 2 heterocycles. The van der Waals surface area contributed by atoms with Crippen LogP contribution in [0.5, 0.6) is 11.6 Å². The van der Waals surface area contributed by atoms with Gasteiger partial charge in [0, 0.05) is 18.0 Å². The lowest BCUT2D eigenvalue weighted by atomic mass is 10.1. The Hall–Kier alpha value is -3.22. The van der Waals surface area contributed by atoms with Gasteiger partial charge in [-0.1, -0.05) is 22.4 Å². The Morgan fingerprint density at radius 1 is 1.18 bits per heavy atom. The minimum absolute atomic E-state index is 0.0718. The molecule has 7 nitrogen and oxygen atoms in total. The molecule has 110 valence electrons. The molecule has 0 bridgehead atoms. The average Bonchev–Trinajstić information content (AvgIpc) is 2.96. The Morgan fingerprint density at radius 2 is 1.95 bits per heavy atom. The summed E-state index contributed by atoms with van der Waals surface area (Å²) < 4.78 is 5.42. The van der Waals surface area contributed by atoms with Crippen molar-refractivity contribution in [1.82, 2.24) is 20.4 Å². The molecule has 0 aliphatic heterocycles. The molecule has 3 aromatic rings. The van der Waals surface area contributed by atoms with Gasteiger partial charge < -0.3 is 9.84 Å². The van der Waals surface area contributed by atoms with Crippen LogP contribution in [0.1, 0.15) is 16.1 Å². The maximum atomic E-state index is 10.9. The van der Waals surface area contributed by atoms with Crippen LogP contribution >= 0.6 is 0 Å². The molecule has 0 unspecified atom stereocenters. The first-order valence-electron chi connectivity index (χ1n) is 6.48. The molecule has 0 radical (unpaired) electrons. The van der Waals surface area contributed by atoms with Crippen molar-refractivity contribution in [3.8, 4) is 22.8 Å². The third-order valence-corrected chi connectivity index (χ3v) is 3.01. The van der Waals surface area contributed by atoms with Crippen LogP contribution in [0.25, 0.3) is 11.1 Å². The van der Waals surface area contributed by atoms with Crippen molar-refractivity contribution in [2.24, 2.45) is 0 Å². The van der Waals surface area contributed by atoms with Gasteiger partial charge in [0.25, 0.3) is 5.88 Å². The predicted molar refractivity (Wildman–Crippen MR) is 77.8 cm³/mol. The van der Waals surface area contributed by atoms with E-state index in [2.05, 4.69) is 20.4 Å². The largest absolute Gasteiger partial charge is 0.476 e. The number of pyridine rings is 1. The maximum Gasteiger partial charge on any atom is 0.359 e. The van der Waals surface area contributed by atoms with Crippen LogP contribution in [0, 0.1) is 6.92 Å². The van der Waals surface area contributed by atoms with Gasteiger partial charge in [0.05, 0.1) is 0 Å². The molecule has 0 saturated heterocycles. The SMILES string of the molecule is Cc1cncc(-c2ccc(Oc3nn[nH]c3C(=O)O)cc2)c1. The van der Waals surface area contributed by atoms with E-state index in [1.54, 1.807) is 24.5 Å². The molecule has 0 aliphatic carbocycles. The second-order valence-electron chi connectivity index (χ2n) is 4.67. The Morgan fingerprint density at radius 3 is 2.64 bits per heavy atom. The maximum absolute atomic E-state index is 10.9. The summed E-state index contributed by atoms with van der Waals surface area (Å²) in [5, 5.41) is 18.3. The van der Waals surface area contributed by atoms with Crippen molar-refractivity contribution >= 4 is 5.97 Å². The van der Waals surface area contributed by atoms with E-state index in [4.69, 9.17) is 9.84 Å². The summed E-state index contributed by atoms with van der Waals surface area (Å²) in [4.78, 5) is 15.1. The Kier molecular flexibility index (Phi) is 3.53. The fraction of sp³-hybridized carbons (Fsp3) is 0.0667. The van der Waals surface area contributed by atoms with Gasteiger partial charge in [-0.3, -0.25) is 4.98 Å². The molecule has 1 aromatic carbocycles. The van der Waals surface area contributed by atoms with E-state index in [-0.39, 0.29) is 11.6 Å². The van der Waals surface area contributed by atoms with E-state index in [1.807, 2.05) is 25.1 Å². The zero-order chi connectivity index (χ0) is 15.5. The third kappa shape index (κ3) is 2.78. The van der Waals surface area contributed by atoms with E-state index >= 15 is 0 Å². The summed E-state index contributed by atoms with van der Waals surface area (Å²) in [5.41, 5.74) is 2.87. The number of nitrogens with one attached hydrogen (secondary N) is 1. The lowest BCUT2D eigenvalue weighted by molar-refractivity contribution is 0.0687.